The van der Waals surface area contributed by atoms with Gasteiger partial charge < -0.3 is 24.4 Å². The predicted molar refractivity (Wildman–Crippen MR) is 114 cm³/mol. The summed E-state index contributed by atoms with van der Waals surface area (Å²) in [6.45, 7) is 3.12. The molecule has 0 radical (unpaired) electrons. The number of amides is 2. The van der Waals surface area contributed by atoms with Crippen LogP contribution >= 0.6 is 0 Å². The van der Waals surface area contributed by atoms with Crippen LogP contribution in [0, 0.1) is 6.92 Å². The molecular formula is C23H28N2O5. The Hall–Kier alpha value is -3.22. The molecule has 1 saturated heterocycles. The average Bonchev–Trinajstić information content (AvgIpc) is 2.78. The van der Waals surface area contributed by atoms with Gasteiger partial charge in [-0.1, -0.05) is 17.7 Å². The van der Waals surface area contributed by atoms with Gasteiger partial charge in [-0.15, -0.1) is 0 Å². The van der Waals surface area contributed by atoms with Crippen LogP contribution in [0.3, 0.4) is 0 Å². The van der Waals surface area contributed by atoms with Crippen molar-refractivity contribution in [2.75, 3.05) is 34.4 Å². The summed E-state index contributed by atoms with van der Waals surface area (Å²) in [6.07, 6.45) is 1.40. The SMILES string of the molecule is COc1cc(C(=O)N2CCC(NC(=O)c3ccc(C)cc3)CC2)cc(OC)c1OC. The van der Waals surface area contributed by atoms with E-state index in [2.05, 4.69) is 5.32 Å². The molecule has 0 aliphatic carbocycles. The van der Waals surface area contributed by atoms with Gasteiger partial charge >= 0.3 is 0 Å². The van der Waals surface area contributed by atoms with Crippen LogP contribution in [0.4, 0.5) is 0 Å². The molecule has 160 valence electrons. The summed E-state index contributed by atoms with van der Waals surface area (Å²) in [7, 11) is 4.57. The topological polar surface area (TPSA) is 77.1 Å². The van der Waals surface area contributed by atoms with Crippen LogP contribution < -0.4 is 19.5 Å². The van der Waals surface area contributed by atoms with E-state index in [1.165, 1.54) is 21.3 Å². The Morgan fingerprint density at radius 1 is 0.900 bits per heavy atom. The Labute approximate surface area is 176 Å². The van der Waals surface area contributed by atoms with E-state index in [0.29, 0.717) is 54.3 Å². The zero-order valence-electron chi connectivity index (χ0n) is 17.9. The van der Waals surface area contributed by atoms with E-state index in [4.69, 9.17) is 14.2 Å². The molecule has 2 aromatic carbocycles. The van der Waals surface area contributed by atoms with Crippen molar-refractivity contribution >= 4 is 11.8 Å². The molecule has 0 atom stereocenters. The highest BCUT2D eigenvalue weighted by Gasteiger charge is 2.26. The van der Waals surface area contributed by atoms with E-state index in [0.717, 1.165) is 5.56 Å². The largest absolute Gasteiger partial charge is 0.493 e. The van der Waals surface area contributed by atoms with Gasteiger partial charge in [-0.2, -0.15) is 0 Å². The van der Waals surface area contributed by atoms with Crippen LogP contribution in [0.15, 0.2) is 36.4 Å². The van der Waals surface area contributed by atoms with Gasteiger partial charge in [-0.25, -0.2) is 0 Å². The van der Waals surface area contributed by atoms with Gasteiger partial charge in [-0.05, 0) is 44.0 Å². The van der Waals surface area contributed by atoms with Crippen molar-refractivity contribution in [2.45, 2.75) is 25.8 Å². The number of aryl methyl sites for hydroxylation is 1. The molecule has 7 heteroatoms. The first-order chi connectivity index (χ1) is 14.5. The maximum atomic E-state index is 13.0. The van der Waals surface area contributed by atoms with Crippen molar-refractivity contribution in [3.63, 3.8) is 0 Å². The quantitative estimate of drug-likeness (QED) is 0.789. The Bertz CT molecular complexity index is 877. The number of hydrogen-bond acceptors (Lipinski definition) is 5. The molecule has 0 spiro atoms. The Morgan fingerprint density at radius 3 is 1.97 bits per heavy atom. The summed E-state index contributed by atoms with van der Waals surface area (Å²) in [5.74, 6) is 1.16. The molecular weight excluding hydrogens is 384 g/mol. The van der Waals surface area contributed by atoms with Crippen LogP contribution in [-0.2, 0) is 0 Å². The van der Waals surface area contributed by atoms with E-state index in [-0.39, 0.29) is 17.9 Å². The zero-order chi connectivity index (χ0) is 21.7. The van der Waals surface area contributed by atoms with Crippen LogP contribution in [-0.4, -0.2) is 57.2 Å². The van der Waals surface area contributed by atoms with Crippen molar-refractivity contribution in [3.8, 4) is 17.2 Å². The number of carbonyl (C=O) groups excluding carboxylic acids is 2. The van der Waals surface area contributed by atoms with Crippen molar-refractivity contribution < 1.29 is 23.8 Å². The molecule has 7 nitrogen and oxygen atoms in total. The van der Waals surface area contributed by atoms with E-state index in [9.17, 15) is 9.59 Å². The molecule has 0 bridgehead atoms. The van der Waals surface area contributed by atoms with Gasteiger partial charge in [-0.3, -0.25) is 9.59 Å². The zero-order valence-corrected chi connectivity index (χ0v) is 17.9. The molecule has 1 fully saturated rings. The summed E-state index contributed by atoms with van der Waals surface area (Å²) >= 11 is 0. The van der Waals surface area contributed by atoms with Gasteiger partial charge in [0.1, 0.15) is 0 Å². The molecule has 30 heavy (non-hydrogen) atoms. The lowest BCUT2D eigenvalue weighted by molar-refractivity contribution is 0.0697. The molecule has 1 N–H and O–H groups in total. The Morgan fingerprint density at radius 2 is 1.47 bits per heavy atom. The van der Waals surface area contributed by atoms with Crippen molar-refractivity contribution in [1.29, 1.82) is 0 Å². The summed E-state index contributed by atoms with van der Waals surface area (Å²) in [5.41, 5.74) is 2.24. The third-order valence-corrected chi connectivity index (χ3v) is 5.34. The standard InChI is InChI=1S/C23H28N2O5/c1-15-5-7-16(8-6-15)22(26)24-18-9-11-25(12-10-18)23(27)17-13-19(28-2)21(30-4)20(14-17)29-3/h5-8,13-14,18H,9-12H2,1-4H3,(H,24,26). The lowest BCUT2D eigenvalue weighted by atomic mass is 10.0. The van der Waals surface area contributed by atoms with Crippen LogP contribution in [0.2, 0.25) is 0 Å². The molecule has 0 aromatic heterocycles. The lowest BCUT2D eigenvalue weighted by Gasteiger charge is -2.32. The van der Waals surface area contributed by atoms with Crippen molar-refractivity contribution in [1.82, 2.24) is 10.2 Å². The summed E-state index contributed by atoms with van der Waals surface area (Å²) < 4.78 is 16.0. The third-order valence-electron chi connectivity index (χ3n) is 5.34. The first kappa shape index (κ1) is 21.5. The number of nitrogens with one attached hydrogen (secondary N) is 1. The molecule has 1 aliphatic rings. The van der Waals surface area contributed by atoms with Gasteiger partial charge in [0.05, 0.1) is 21.3 Å². The number of benzene rings is 2. The van der Waals surface area contributed by atoms with Gasteiger partial charge in [0.25, 0.3) is 11.8 Å². The van der Waals surface area contributed by atoms with Crippen LogP contribution in [0.1, 0.15) is 39.1 Å². The minimum absolute atomic E-state index is 0.0443. The summed E-state index contributed by atoms with van der Waals surface area (Å²) in [6, 6.07) is 10.9. The number of rotatable bonds is 6. The number of nitrogens with zero attached hydrogens (tertiary/aromatic N) is 1. The van der Waals surface area contributed by atoms with Gasteiger partial charge in [0, 0.05) is 30.3 Å². The number of methoxy groups -OCH3 is 3. The monoisotopic (exact) mass is 412 g/mol. The summed E-state index contributed by atoms with van der Waals surface area (Å²) in [5, 5.41) is 3.07. The minimum Gasteiger partial charge on any atom is -0.493 e. The highest BCUT2D eigenvalue weighted by Crippen LogP contribution is 2.38. The smallest absolute Gasteiger partial charge is 0.254 e. The first-order valence-corrected chi connectivity index (χ1v) is 9.93. The highest BCUT2D eigenvalue weighted by atomic mass is 16.5. The fourth-order valence-corrected chi connectivity index (χ4v) is 3.59. The van der Waals surface area contributed by atoms with E-state index >= 15 is 0 Å². The molecule has 2 amide bonds. The molecule has 0 saturated carbocycles. The Balaban J connectivity index is 1.62. The first-order valence-electron chi connectivity index (χ1n) is 9.93. The maximum Gasteiger partial charge on any atom is 0.254 e. The van der Waals surface area contributed by atoms with E-state index < -0.39 is 0 Å². The van der Waals surface area contributed by atoms with E-state index in [1.54, 1.807) is 17.0 Å². The van der Waals surface area contributed by atoms with Gasteiger partial charge in [0.2, 0.25) is 5.75 Å². The number of carbonyl (C=O) groups is 2. The van der Waals surface area contributed by atoms with Crippen molar-refractivity contribution in [2.24, 2.45) is 0 Å². The maximum absolute atomic E-state index is 13.0. The molecule has 1 heterocycles. The highest BCUT2D eigenvalue weighted by molar-refractivity contribution is 5.96. The lowest BCUT2D eigenvalue weighted by Crippen LogP contribution is -2.46. The average molecular weight is 412 g/mol. The fourth-order valence-electron chi connectivity index (χ4n) is 3.59. The number of hydrogen-bond donors (Lipinski definition) is 1. The number of ether oxygens (including phenoxy) is 3. The number of likely N-dealkylation sites (tertiary alicyclic amines) is 1. The Kier molecular flexibility index (Phi) is 6.82. The van der Waals surface area contributed by atoms with Gasteiger partial charge in [0.15, 0.2) is 11.5 Å². The van der Waals surface area contributed by atoms with E-state index in [1.807, 2.05) is 31.2 Å². The predicted octanol–water partition coefficient (Wildman–Crippen LogP) is 3.06. The molecule has 2 aromatic rings. The molecule has 3 rings (SSSR count). The normalized spacial score (nSPS) is 14.2. The second-order valence-corrected chi connectivity index (χ2v) is 7.32. The van der Waals surface area contributed by atoms with Crippen LogP contribution in [0.5, 0.6) is 17.2 Å². The summed E-state index contributed by atoms with van der Waals surface area (Å²) in [4.78, 5) is 27.2. The second kappa shape index (κ2) is 9.52. The minimum atomic E-state index is -0.0995. The number of piperidine rings is 1. The molecule has 1 aliphatic heterocycles. The third kappa shape index (κ3) is 4.67. The van der Waals surface area contributed by atoms with Crippen LogP contribution in [0.25, 0.3) is 0 Å². The van der Waals surface area contributed by atoms with Crippen molar-refractivity contribution in [3.05, 3.63) is 53.1 Å². The molecule has 0 unspecified atom stereocenters. The second-order valence-electron chi connectivity index (χ2n) is 7.32. The fraction of sp³-hybridized carbons (Fsp3) is 0.391.